The first-order valence-corrected chi connectivity index (χ1v) is 7.11. The molecule has 1 N–H and O–H groups in total. The van der Waals surface area contributed by atoms with Crippen molar-refractivity contribution in [2.75, 3.05) is 6.54 Å². The molecule has 0 atom stereocenters. The van der Waals surface area contributed by atoms with Crippen molar-refractivity contribution in [3.63, 3.8) is 0 Å². The summed E-state index contributed by atoms with van der Waals surface area (Å²) in [5.74, 6) is 1.93. The molecule has 0 saturated carbocycles. The van der Waals surface area contributed by atoms with Gasteiger partial charge in [0.2, 0.25) is 5.88 Å². The first kappa shape index (κ1) is 14.8. The highest BCUT2D eigenvalue weighted by Crippen LogP contribution is 2.23. The zero-order valence-electron chi connectivity index (χ0n) is 11.8. The van der Waals surface area contributed by atoms with Crippen molar-refractivity contribution in [2.45, 2.75) is 20.4 Å². The van der Waals surface area contributed by atoms with Gasteiger partial charge in [-0.2, -0.15) is 0 Å². The Bertz CT molecular complexity index is 543. The van der Waals surface area contributed by atoms with E-state index in [2.05, 4.69) is 24.1 Å². The number of aromatic nitrogens is 1. The molecular formula is C16H19ClN2O. The monoisotopic (exact) mass is 290 g/mol. The number of hydrogen-bond donors (Lipinski definition) is 1. The van der Waals surface area contributed by atoms with Gasteiger partial charge >= 0.3 is 0 Å². The number of nitrogens with one attached hydrogen (secondary N) is 1. The summed E-state index contributed by atoms with van der Waals surface area (Å²) in [6.45, 7) is 6.01. The molecule has 0 bridgehead atoms. The van der Waals surface area contributed by atoms with Crippen molar-refractivity contribution < 1.29 is 4.74 Å². The van der Waals surface area contributed by atoms with Gasteiger partial charge in [0, 0.05) is 18.8 Å². The molecule has 0 aliphatic carbocycles. The van der Waals surface area contributed by atoms with Gasteiger partial charge in [0.05, 0.1) is 5.02 Å². The Kier molecular flexibility index (Phi) is 5.39. The van der Waals surface area contributed by atoms with Crippen LogP contribution in [0.5, 0.6) is 11.6 Å². The van der Waals surface area contributed by atoms with Crippen molar-refractivity contribution in [3.05, 3.63) is 53.2 Å². The molecule has 0 radical (unpaired) electrons. The van der Waals surface area contributed by atoms with Crippen molar-refractivity contribution in [3.8, 4) is 11.6 Å². The third-order valence-corrected chi connectivity index (χ3v) is 3.08. The summed E-state index contributed by atoms with van der Waals surface area (Å²) in [6, 6.07) is 11.5. The standard InChI is InChI=1S/C16H19ClN2O/c1-12(2)9-18-10-13-8-16(19-11-15(13)17)20-14-6-4-3-5-7-14/h3-8,11-12,18H,9-10H2,1-2H3. The number of pyridine rings is 1. The largest absolute Gasteiger partial charge is 0.439 e. The summed E-state index contributed by atoms with van der Waals surface area (Å²) in [5, 5.41) is 4.02. The Morgan fingerprint density at radius 2 is 2.00 bits per heavy atom. The molecule has 3 nitrogen and oxygen atoms in total. The van der Waals surface area contributed by atoms with Gasteiger partial charge in [-0.3, -0.25) is 0 Å². The second-order valence-electron chi connectivity index (χ2n) is 5.05. The van der Waals surface area contributed by atoms with E-state index in [9.17, 15) is 0 Å². The lowest BCUT2D eigenvalue weighted by Crippen LogP contribution is -2.19. The van der Waals surface area contributed by atoms with Crippen LogP contribution in [-0.4, -0.2) is 11.5 Å². The Labute approximate surface area is 124 Å². The minimum atomic E-state index is 0.557. The van der Waals surface area contributed by atoms with E-state index in [4.69, 9.17) is 16.3 Å². The minimum Gasteiger partial charge on any atom is -0.439 e. The van der Waals surface area contributed by atoms with E-state index < -0.39 is 0 Å². The topological polar surface area (TPSA) is 34.1 Å². The van der Waals surface area contributed by atoms with Crippen LogP contribution < -0.4 is 10.1 Å². The van der Waals surface area contributed by atoms with Gasteiger partial charge in [0.25, 0.3) is 0 Å². The van der Waals surface area contributed by atoms with Gasteiger partial charge in [-0.05, 0) is 30.2 Å². The zero-order chi connectivity index (χ0) is 14.4. The number of rotatable bonds is 6. The quantitative estimate of drug-likeness (QED) is 0.862. The molecule has 4 heteroatoms. The molecular weight excluding hydrogens is 272 g/mol. The molecule has 0 fully saturated rings. The second-order valence-corrected chi connectivity index (χ2v) is 5.46. The van der Waals surface area contributed by atoms with E-state index in [1.54, 1.807) is 6.20 Å². The van der Waals surface area contributed by atoms with Crippen LogP contribution in [0.4, 0.5) is 0 Å². The Morgan fingerprint density at radius 1 is 1.25 bits per heavy atom. The van der Waals surface area contributed by atoms with Crippen LogP contribution in [0.15, 0.2) is 42.6 Å². The summed E-state index contributed by atoms with van der Waals surface area (Å²) in [6.07, 6.45) is 1.63. The van der Waals surface area contributed by atoms with E-state index in [0.29, 0.717) is 23.4 Å². The summed E-state index contributed by atoms with van der Waals surface area (Å²) < 4.78 is 5.70. The summed E-state index contributed by atoms with van der Waals surface area (Å²) in [5.41, 5.74) is 0.994. The van der Waals surface area contributed by atoms with Crippen LogP contribution in [0.1, 0.15) is 19.4 Å². The van der Waals surface area contributed by atoms with E-state index in [-0.39, 0.29) is 0 Å². The van der Waals surface area contributed by atoms with Gasteiger partial charge in [0.15, 0.2) is 0 Å². The van der Waals surface area contributed by atoms with Gasteiger partial charge in [-0.1, -0.05) is 43.6 Å². The average Bonchev–Trinajstić information content (AvgIpc) is 2.43. The lowest BCUT2D eigenvalue weighted by atomic mass is 10.2. The van der Waals surface area contributed by atoms with E-state index in [1.807, 2.05) is 36.4 Å². The zero-order valence-corrected chi connectivity index (χ0v) is 12.5. The van der Waals surface area contributed by atoms with Crippen molar-refractivity contribution in [1.29, 1.82) is 0 Å². The summed E-state index contributed by atoms with van der Waals surface area (Å²) in [4.78, 5) is 4.20. The molecule has 0 saturated heterocycles. The fraction of sp³-hybridized carbons (Fsp3) is 0.312. The average molecular weight is 291 g/mol. The van der Waals surface area contributed by atoms with E-state index in [1.165, 1.54) is 0 Å². The van der Waals surface area contributed by atoms with Crippen LogP contribution in [0.25, 0.3) is 0 Å². The third-order valence-electron chi connectivity index (χ3n) is 2.74. The Balaban J connectivity index is 2.04. The van der Waals surface area contributed by atoms with E-state index in [0.717, 1.165) is 17.9 Å². The first-order chi connectivity index (χ1) is 9.65. The first-order valence-electron chi connectivity index (χ1n) is 6.73. The number of ether oxygens (including phenoxy) is 1. The summed E-state index contributed by atoms with van der Waals surface area (Å²) >= 11 is 6.16. The van der Waals surface area contributed by atoms with Crippen LogP contribution >= 0.6 is 11.6 Å². The molecule has 20 heavy (non-hydrogen) atoms. The predicted molar refractivity (Wildman–Crippen MR) is 82.3 cm³/mol. The van der Waals surface area contributed by atoms with E-state index >= 15 is 0 Å². The summed E-state index contributed by atoms with van der Waals surface area (Å²) in [7, 11) is 0. The van der Waals surface area contributed by atoms with Gasteiger partial charge in [-0.15, -0.1) is 0 Å². The number of benzene rings is 1. The van der Waals surface area contributed by atoms with Gasteiger partial charge in [-0.25, -0.2) is 4.98 Å². The van der Waals surface area contributed by atoms with Crippen LogP contribution in [0.2, 0.25) is 5.02 Å². The Hall–Kier alpha value is -1.58. The maximum atomic E-state index is 6.16. The molecule has 0 aliphatic heterocycles. The number of halogens is 1. The molecule has 2 rings (SSSR count). The highest BCUT2D eigenvalue weighted by molar-refractivity contribution is 6.31. The van der Waals surface area contributed by atoms with Crippen molar-refractivity contribution in [1.82, 2.24) is 10.3 Å². The number of nitrogens with zero attached hydrogens (tertiary/aromatic N) is 1. The second kappa shape index (κ2) is 7.27. The fourth-order valence-corrected chi connectivity index (χ4v) is 1.92. The van der Waals surface area contributed by atoms with Gasteiger partial charge in [0.1, 0.15) is 5.75 Å². The third kappa shape index (κ3) is 4.51. The fourth-order valence-electron chi connectivity index (χ4n) is 1.75. The SMILES string of the molecule is CC(C)CNCc1cc(Oc2ccccc2)ncc1Cl. The van der Waals surface area contributed by atoms with Crippen molar-refractivity contribution >= 4 is 11.6 Å². The predicted octanol–water partition coefficient (Wildman–Crippen LogP) is 4.27. The molecule has 0 spiro atoms. The minimum absolute atomic E-state index is 0.557. The highest BCUT2D eigenvalue weighted by atomic mass is 35.5. The number of hydrogen-bond acceptors (Lipinski definition) is 3. The molecule has 106 valence electrons. The lowest BCUT2D eigenvalue weighted by Gasteiger charge is -2.10. The maximum absolute atomic E-state index is 6.16. The Morgan fingerprint density at radius 3 is 2.70 bits per heavy atom. The number of para-hydroxylation sites is 1. The molecule has 2 aromatic rings. The lowest BCUT2D eigenvalue weighted by molar-refractivity contribution is 0.461. The molecule has 0 amide bonds. The maximum Gasteiger partial charge on any atom is 0.219 e. The van der Waals surface area contributed by atoms with Crippen LogP contribution in [-0.2, 0) is 6.54 Å². The normalized spacial score (nSPS) is 10.8. The van der Waals surface area contributed by atoms with Crippen LogP contribution in [0.3, 0.4) is 0 Å². The molecule has 0 unspecified atom stereocenters. The molecule has 0 aliphatic rings. The van der Waals surface area contributed by atoms with Gasteiger partial charge < -0.3 is 10.1 Å². The highest BCUT2D eigenvalue weighted by Gasteiger charge is 2.05. The van der Waals surface area contributed by atoms with Crippen molar-refractivity contribution in [2.24, 2.45) is 5.92 Å². The molecule has 1 heterocycles. The smallest absolute Gasteiger partial charge is 0.219 e. The van der Waals surface area contributed by atoms with Crippen LogP contribution in [0, 0.1) is 5.92 Å². The molecule has 1 aromatic heterocycles. The molecule has 1 aromatic carbocycles.